The van der Waals surface area contributed by atoms with Crippen molar-refractivity contribution >= 4 is 115 Å². The number of esters is 2. The highest BCUT2D eigenvalue weighted by Crippen LogP contribution is 2.43. The van der Waals surface area contributed by atoms with Gasteiger partial charge in [-0.1, -0.05) is 12.1 Å². The van der Waals surface area contributed by atoms with Crippen molar-refractivity contribution in [3.63, 3.8) is 0 Å². The molecule has 13 rings (SSSR count). The van der Waals surface area contributed by atoms with Gasteiger partial charge in [0.2, 0.25) is 5.91 Å². The number of cyclic esters (lactones) is 2. The van der Waals surface area contributed by atoms with Crippen molar-refractivity contribution in [3.8, 4) is 38.4 Å². The molecule has 12 bridgehead atoms. The normalized spacial score (nSPS) is 25.1. The van der Waals surface area contributed by atoms with Gasteiger partial charge in [0.1, 0.15) is 125 Å². The number of hydrogen-bond acceptors (Lipinski definition) is 30. The van der Waals surface area contributed by atoms with Gasteiger partial charge in [0, 0.05) is 81.5 Å². The number of methoxy groups -OCH3 is 1. The van der Waals surface area contributed by atoms with Crippen LogP contribution in [0, 0.1) is 0 Å². The lowest BCUT2D eigenvalue weighted by atomic mass is 9.86. The minimum Gasteiger partial charge on any atom is -0.506 e. The van der Waals surface area contributed by atoms with Crippen LogP contribution >= 0.6 is 56.7 Å². The number of nitrogens with zero attached hydrogens (tertiary/aromatic N) is 7. The number of ether oxygens (including phenoxy) is 7. The average molecular weight is 1450 g/mol. The Morgan fingerprint density at radius 3 is 2.29 bits per heavy atom. The number of allylic oxidation sites excluding steroid dienone is 1. The average Bonchev–Trinajstić information content (AvgIpc) is 1.74. The molecule has 99 heavy (non-hydrogen) atoms. The van der Waals surface area contributed by atoms with Gasteiger partial charge in [0.25, 0.3) is 23.6 Å². The summed E-state index contributed by atoms with van der Waals surface area (Å²) in [5.74, 6) is -6.22. The number of pyridine rings is 1. The van der Waals surface area contributed by atoms with Crippen LogP contribution in [0.25, 0.3) is 49.3 Å². The Morgan fingerprint density at radius 1 is 0.838 bits per heavy atom. The van der Waals surface area contributed by atoms with E-state index in [1.54, 1.807) is 44.5 Å². The van der Waals surface area contributed by atoms with E-state index in [4.69, 9.17) is 48.1 Å². The van der Waals surface area contributed by atoms with Crippen LogP contribution in [-0.4, -0.2) is 205 Å². The minimum absolute atomic E-state index is 0.0118. The molecule has 0 radical (unpaired) electrons. The molecule has 10 unspecified atom stereocenters. The summed E-state index contributed by atoms with van der Waals surface area (Å²) >= 11 is 4.86. The topological polar surface area (TPSA) is 413 Å². The predicted molar refractivity (Wildman–Crippen MR) is 358 cm³/mol. The van der Waals surface area contributed by atoms with E-state index in [0.717, 1.165) is 69.8 Å². The molecule has 0 spiro atoms. The molecule has 7 aromatic heterocycles. The summed E-state index contributed by atoms with van der Waals surface area (Å²) in [6.45, 7) is 8.29. The molecule has 31 nitrogen and oxygen atoms in total. The maximum Gasteiger partial charge on any atom is 0.355 e. The minimum atomic E-state index is -1.84. The SMILES string of the molecule is CNC1C(C)OC(OC2C(=O)OCc3cccc4[nH]c5c(c34)COC2C2NC(=O)c3csc(n3)/C(=C(/C)OC)NC(=O)C(C(C)O)NC(=O)c3csc(n3)-c3cc(O)c(-c4nc(C(=O)NCCN6CCOCC6)cs4)nc3-c3csc(n3)C(COC5=O)NC(=O)c3csc2n3)CC1(C)O. The molecule has 8 aromatic rings. The Bertz CT molecular complexity index is 4480. The Hall–Kier alpha value is -8.63. The van der Waals surface area contributed by atoms with E-state index < -0.39 is 121 Å². The number of aromatic amines is 1. The number of rotatable bonds is 10. The van der Waals surface area contributed by atoms with E-state index in [1.165, 1.54) is 48.5 Å². The van der Waals surface area contributed by atoms with Crippen molar-refractivity contribution in [2.75, 3.05) is 60.2 Å². The second kappa shape index (κ2) is 28.9. The first-order valence-corrected chi connectivity index (χ1v) is 35.6. The van der Waals surface area contributed by atoms with Gasteiger partial charge in [0.05, 0.1) is 50.8 Å². The molecule has 2 fully saturated rings. The number of aromatic nitrogens is 7. The Kier molecular flexibility index (Phi) is 20.1. The van der Waals surface area contributed by atoms with Crippen molar-refractivity contribution in [2.45, 2.75) is 108 Å². The van der Waals surface area contributed by atoms with Crippen molar-refractivity contribution < 1.29 is 82.0 Å². The summed E-state index contributed by atoms with van der Waals surface area (Å²) in [6.07, 6.45) is -7.24. The smallest absolute Gasteiger partial charge is 0.355 e. The highest BCUT2D eigenvalue weighted by molar-refractivity contribution is 7.14. The third kappa shape index (κ3) is 14.3. The summed E-state index contributed by atoms with van der Waals surface area (Å²) in [5, 5.41) is 60.2. The maximum absolute atomic E-state index is 15.2. The van der Waals surface area contributed by atoms with Crippen molar-refractivity contribution in [1.82, 2.24) is 71.7 Å². The first-order valence-electron chi connectivity index (χ1n) is 31.2. The van der Waals surface area contributed by atoms with Crippen LogP contribution < -0.4 is 31.9 Å². The van der Waals surface area contributed by atoms with Crippen LogP contribution in [0.3, 0.4) is 0 Å². The standard InChI is InChI=1S/C63H66N14O17S5/c1-26(78)42-55(84)75-43(27(2)88-6)58-71-38(25-97-58)54(83)76-47-48-49(94-40-17-63(4,87)50(64-5)28(3)93-40)62(86)91-18-29-8-7-9-32-41(29)31(19-90-48)45(66-32)61(85)92-20-33(67-52(81)36-24-99-60(47)72-36)57-68-34(21-96-57)44-30(56-69-37(23-95-56)53(82)74-42)16-39(79)46(73-44)59-70-35(22-98-59)51(80)65-10-11-77-12-14-89-15-13-77/h7-9,16,21-26,28,33,40,42,47-50,64,66,78-79,87H,10-15,17-20H2,1-6H3,(H,65,80)(H,67,81)(H,74,82)(H,75,84)(H,76,83)/b43-27+. The van der Waals surface area contributed by atoms with Gasteiger partial charge >= 0.3 is 11.9 Å². The number of aromatic hydroxyl groups is 1. The third-order valence-electron chi connectivity index (χ3n) is 17.3. The zero-order valence-corrected chi connectivity index (χ0v) is 57.8. The third-order valence-corrected chi connectivity index (χ3v) is 21.7. The van der Waals surface area contributed by atoms with Crippen LogP contribution in [0.1, 0.15) is 125 Å². The quantitative estimate of drug-likeness (QED) is 0.0678. The van der Waals surface area contributed by atoms with Gasteiger partial charge in [-0.15, -0.1) is 56.7 Å². The molecule has 520 valence electrons. The molecular weight excluding hydrogens is 1390 g/mol. The molecule has 0 saturated carbocycles. The molecule has 2 saturated heterocycles. The van der Waals surface area contributed by atoms with Gasteiger partial charge in [-0.3, -0.25) is 28.9 Å². The van der Waals surface area contributed by atoms with E-state index >= 15 is 9.59 Å². The van der Waals surface area contributed by atoms with Crippen molar-refractivity contribution in [2.24, 2.45) is 0 Å². The number of aliphatic hydroxyl groups is 2. The zero-order valence-electron chi connectivity index (χ0n) is 53.7. The second-order valence-corrected chi connectivity index (χ2v) is 28.3. The summed E-state index contributed by atoms with van der Waals surface area (Å²) in [4.78, 5) is 136. The molecule has 5 aliphatic heterocycles. The fraction of sp³-hybridized carbons (Fsp3) is 0.413. The van der Waals surface area contributed by atoms with Gasteiger partial charge in [0.15, 0.2) is 12.4 Å². The first-order chi connectivity index (χ1) is 47.6. The number of nitrogens with one attached hydrogen (secondary N) is 7. The van der Waals surface area contributed by atoms with Gasteiger partial charge in [-0.25, -0.2) is 39.5 Å². The fourth-order valence-electron chi connectivity index (χ4n) is 12.2. The van der Waals surface area contributed by atoms with Crippen LogP contribution in [0.5, 0.6) is 5.75 Å². The number of aliphatic hydroxyl groups excluding tert-OH is 1. The van der Waals surface area contributed by atoms with E-state index in [2.05, 4.69) is 56.7 Å². The number of benzene rings is 1. The van der Waals surface area contributed by atoms with E-state index in [0.29, 0.717) is 42.8 Å². The molecule has 5 aliphatic rings. The monoisotopic (exact) mass is 1450 g/mol. The van der Waals surface area contributed by atoms with Crippen LogP contribution in [0.15, 0.2) is 56.9 Å². The number of hydrogen-bond donors (Lipinski definition) is 10. The largest absolute Gasteiger partial charge is 0.506 e. The van der Waals surface area contributed by atoms with Crippen LogP contribution in [-0.2, 0) is 56.0 Å². The number of thiazole rings is 5. The Balaban J connectivity index is 0.953. The molecule has 10 N–H and O–H groups in total. The van der Waals surface area contributed by atoms with Gasteiger partial charge in [-0.2, -0.15) is 0 Å². The molecule has 5 amide bonds. The Morgan fingerprint density at radius 2 is 1.54 bits per heavy atom. The van der Waals surface area contributed by atoms with Gasteiger partial charge < -0.3 is 85.4 Å². The summed E-state index contributed by atoms with van der Waals surface area (Å²) in [7, 11) is 2.99. The van der Waals surface area contributed by atoms with Crippen molar-refractivity contribution in [1.29, 1.82) is 0 Å². The molecule has 0 aliphatic carbocycles. The molecular formula is C63H66N14O17S5. The van der Waals surface area contributed by atoms with E-state index in [-0.39, 0.29) is 106 Å². The van der Waals surface area contributed by atoms with E-state index in [9.17, 15) is 39.3 Å². The number of amides is 5. The highest BCUT2D eigenvalue weighted by Gasteiger charge is 2.49. The lowest BCUT2D eigenvalue weighted by molar-refractivity contribution is -0.272. The molecule has 36 heteroatoms. The molecule has 10 atom stereocenters. The first kappa shape index (κ1) is 68.9. The highest BCUT2D eigenvalue weighted by atomic mass is 32.1. The molecule has 12 heterocycles. The van der Waals surface area contributed by atoms with Crippen LogP contribution in [0.4, 0.5) is 0 Å². The number of H-pyrrole nitrogens is 1. The van der Waals surface area contributed by atoms with Crippen molar-refractivity contribution in [3.05, 3.63) is 112 Å². The van der Waals surface area contributed by atoms with Gasteiger partial charge in [-0.05, 0) is 52.4 Å². The number of carbonyl (C=O) groups is 7. The second-order valence-electron chi connectivity index (χ2n) is 24.0. The summed E-state index contributed by atoms with van der Waals surface area (Å²) < 4.78 is 43.2. The van der Waals surface area contributed by atoms with Crippen LogP contribution in [0.2, 0.25) is 0 Å². The summed E-state index contributed by atoms with van der Waals surface area (Å²) in [6, 6.07) is 1.40. The fourth-order valence-corrected chi connectivity index (χ4v) is 16.4. The maximum atomic E-state index is 15.2. The number of morpholine rings is 1. The Labute approximate surface area is 583 Å². The zero-order chi connectivity index (χ0) is 69.6. The predicted octanol–water partition coefficient (Wildman–Crippen LogP) is 4.17. The summed E-state index contributed by atoms with van der Waals surface area (Å²) in [5.41, 5.74) is -0.807. The molecule has 1 aromatic carbocycles. The number of likely N-dealkylation sites (N-methyl/N-ethyl adjacent to an activating group) is 1. The lowest BCUT2D eigenvalue weighted by Crippen LogP contribution is -2.61. The lowest BCUT2D eigenvalue weighted by Gasteiger charge is -2.45. The van der Waals surface area contributed by atoms with E-state index in [1.807, 2.05) is 0 Å². The number of fused-ring (bicyclic) bond motifs is 15. The number of carbonyl (C=O) groups excluding carboxylic acids is 7.